The molecule has 4 heteroatoms. The van der Waals surface area contributed by atoms with Crippen LogP contribution in [0, 0.1) is 5.92 Å². The Morgan fingerprint density at radius 1 is 0.684 bits per heavy atom. The quantitative estimate of drug-likeness (QED) is 0.472. The van der Waals surface area contributed by atoms with Gasteiger partial charge in [-0.25, -0.2) is 0 Å². The van der Waals surface area contributed by atoms with Crippen molar-refractivity contribution in [2.24, 2.45) is 5.92 Å². The summed E-state index contributed by atoms with van der Waals surface area (Å²) in [5.74, 6) is 0.753. The molecule has 6 aliphatic rings. The second-order valence-corrected chi connectivity index (χ2v) is 13.2. The molecule has 0 spiro atoms. The van der Waals surface area contributed by atoms with Crippen molar-refractivity contribution in [1.29, 1.82) is 0 Å². The van der Waals surface area contributed by atoms with Crippen LogP contribution in [-0.4, -0.2) is 49.3 Å². The summed E-state index contributed by atoms with van der Waals surface area (Å²) in [6.45, 7) is 2.28. The van der Waals surface area contributed by atoms with Crippen LogP contribution in [0.2, 0.25) is 0 Å². The maximum Gasteiger partial charge on any atom is 0.0933 e. The lowest BCUT2D eigenvalue weighted by Gasteiger charge is -2.49. The van der Waals surface area contributed by atoms with Crippen LogP contribution < -0.4 is 10.6 Å². The van der Waals surface area contributed by atoms with E-state index in [2.05, 4.69) is 101 Å². The third-order valence-corrected chi connectivity index (χ3v) is 12.1. The minimum absolute atomic E-state index is 0.0254. The highest BCUT2D eigenvalue weighted by molar-refractivity contribution is 5.77. The number of likely N-dealkylation sites (tertiary alicyclic amines) is 2. The lowest BCUT2D eigenvalue weighted by atomic mass is 9.53. The van der Waals surface area contributed by atoms with Gasteiger partial charge in [-0.05, 0) is 86.0 Å². The fourth-order valence-electron chi connectivity index (χ4n) is 10.8. The average Bonchev–Trinajstić information content (AvgIpc) is 3.75. The van der Waals surface area contributed by atoms with Crippen LogP contribution in [-0.2, 0) is 22.7 Å². The fraction of sp³-hybridized carbons (Fsp3) is 0.471. The van der Waals surface area contributed by atoms with E-state index in [0.29, 0.717) is 12.3 Å². The summed E-state index contributed by atoms with van der Waals surface area (Å²) in [6, 6.07) is 26.0. The van der Waals surface area contributed by atoms with Crippen LogP contribution in [0.3, 0.4) is 0 Å². The van der Waals surface area contributed by atoms with Crippen LogP contribution in [0.4, 0.5) is 11.4 Å². The minimum Gasteiger partial charge on any atom is -0.368 e. The Morgan fingerprint density at radius 2 is 1.42 bits per heavy atom. The van der Waals surface area contributed by atoms with Gasteiger partial charge in [0.15, 0.2) is 0 Å². The number of hydrogen-bond donors (Lipinski definition) is 2. The molecular weight excluding hydrogens is 464 g/mol. The molecule has 1 saturated carbocycles. The molecule has 6 atom stereocenters. The van der Waals surface area contributed by atoms with E-state index >= 15 is 0 Å². The summed E-state index contributed by atoms with van der Waals surface area (Å²) in [7, 11) is 4.66. The summed E-state index contributed by atoms with van der Waals surface area (Å²) in [4.78, 5) is 5.18. The SMILES string of the molecule is CN1CC[C@]2(c3cccc4c3N[C@H]3N(C)CCC43[C@]34CCC[C@H]3Cc3ccccc34)c3ccccc3N[C@H]12. The van der Waals surface area contributed by atoms with E-state index in [1.807, 2.05) is 0 Å². The van der Waals surface area contributed by atoms with Crippen molar-refractivity contribution in [1.82, 2.24) is 9.80 Å². The van der Waals surface area contributed by atoms with Crippen LogP contribution in [0.25, 0.3) is 0 Å². The molecular formula is C34H38N4. The number of hydrogen-bond acceptors (Lipinski definition) is 4. The van der Waals surface area contributed by atoms with Crippen molar-refractivity contribution < 1.29 is 0 Å². The average molecular weight is 503 g/mol. The van der Waals surface area contributed by atoms with Gasteiger partial charge in [-0.15, -0.1) is 0 Å². The zero-order chi connectivity index (χ0) is 25.3. The Kier molecular flexibility index (Phi) is 4.19. The predicted octanol–water partition coefficient (Wildman–Crippen LogP) is 5.68. The molecule has 4 aliphatic heterocycles. The molecule has 4 nitrogen and oxygen atoms in total. The molecule has 3 fully saturated rings. The first-order valence-electron chi connectivity index (χ1n) is 14.9. The normalized spacial score (nSPS) is 38.2. The number of nitrogens with one attached hydrogen (secondary N) is 2. The van der Waals surface area contributed by atoms with E-state index in [4.69, 9.17) is 0 Å². The molecule has 0 aromatic heterocycles. The van der Waals surface area contributed by atoms with Crippen molar-refractivity contribution in [2.45, 2.75) is 67.1 Å². The first-order valence-corrected chi connectivity index (χ1v) is 14.9. The van der Waals surface area contributed by atoms with E-state index in [-0.39, 0.29) is 16.2 Å². The molecule has 194 valence electrons. The number of benzene rings is 3. The maximum atomic E-state index is 4.28. The van der Waals surface area contributed by atoms with Crippen LogP contribution >= 0.6 is 0 Å². The van der Waals surface area contributed by atoms with Gasteiger partial charge in [-0.1, -0.05) is 67.1 Å². The minimum atomic E-state index is -0.0254. The molecule has 3 aromatic carbocycles. The molecule has 9 rings (SSSR count). The van der Waals surface area contributed by atoms with Gasteiger partial charge in [0.1, 0.15) is 0 Å². The molecule has 38 heavy (non-hydrogen) atoms. The zero-order valence-corrected chi connectivity index (χ0v) is 22.6. The molecule has 4 heterocycles. The number of nitrogens with zero attached hydrogens (tertiary/aromatic N) is 2. The lowest BCUT2D eigenvalue weighted by Crippen LogP contribution is -2.56. The highest BCUT2D eigenvalue weighted by Gasteiger charge is 2.70. The van der Waals surface area contributed by atoms with E-state index < -0.39 is 0 Å². The maximum absolute atomic E-state index is 4.28. The zero-order valence-electron chi connectivity index (χ0n) is 22.6. The molecule has 0 radical (unpaired) electrons. The van der Waals surface area contributed by atoms with E-state index in [1.54, 1.807) is 16.7 Å². The van der Waals surface area contributed by atoms with Crippen LogP contribution in [0.1, 0.15) is 59.9 Å². The number of fused-ring (bicyclic) bond motifs is 10. The van der Waals surface area contributed by atoms with Gasteiger partial charge in [0.05, 0.1) is 17.7 Å². The summed E-state index contributed by atoms with van der Waals surface area (Å²) in [6.07, 6.45) is 8.36. The van der Waals surface area contributed by atoms with Crippen molar-refractivity contribution in [3.8, 4) is 0 Å². The monoisotopic (exact) mass is 502 g/mol. The number of rotatable bonds is 2. The summed E-state index contributed by atoms with van der Waals surface area (Å²) in [5, 5.41) is 8.22. The molecule has 2 aliphatic carbocycles. The smallest absolute Gasteiger partial charge is 0.0933 e. The molecule has 2 N–H and O–H groups in total. The van der Waals surface area contributed by atoms with Crippen LogP contribution in [0.5, 0.6) is 0 Å². The summed E-state index contributed by atoms with van der Waals surface area (Å²) >= 11 is 0. The highest BCUT2D eigenvalue weighted by atomic mass is 15.3. The van der Waals surface area contributed by atoms with Gasteiger partial charge in [0.25, 0.3) is 0 Å². The number of likely N-dealkylation sites (N-methyl/N-ethyl adjacent to an activating group) is 2. The van der Waals surface area contributed by atoms with E-state index in [9.17, 15) is 0 Å². The Morgan fingerprint density at radius 3 is 2.34 bits per heavy atom. The van der Waals surface area contributed by atoms with Crippen molar-refractivity contribution >= 4 is 11.4 Å². The van der Waals surface area contributed by atoms with Gasteiger partial charge >= 0.3 is 0 Å². The second-order valence-electron chi connectivity index (χ2n) is 13.2. The number of anilines is 2. The standard InChI is InChI=1S/C34H38N4/c1-37-19-17-32(25-12-5-6-15-28(25)35-30(32)37)26-13-7-14-27-29(26)36-31-34(27,18-20-38(31)2)33-16-8-10-23(33)21-22-9-3-4-11-24(22)33/h3-7,9,11-15,23,30-31,35-36H,8,10,16-21H2,1-2H3/t23-,30+,31-,32+,33+,34?/m0/s1. The van der Waals surface area contributed by atoms with Crippen molar-refractivity contribution in [2.75, 3.05) is 37.8 Å². The molecule has 2 saturated heterocycles. The van der Waals surface area contributed by atoms with Gasteiger partial charge in [-0.3, -0.25) is 9.80 Å². The summed E-state index contributed by atoms with van der Waals surface area (Å²) < 4.78 is 0. The third kappa shape index (κ3) is 2.26. The first kappa shape index (κ1) is 22.0. The number of para-hydroxylation sites is 2. The summed E-state index contributed by atoms with van der Waals surface area (Å²) in [5.41, 5.74) is 11.0. The van der Waals surface area contributed by atoms with Gasteiger partial charge in [0.2, 0.25) is 0 Å². The predicted molar refractivity (Wildman–Crippen MR) is 154 cm³/mol. The first-order chi connectivity index (χ1) is 18.6. The highest BCUT2D eigenvalue weighted by Crippen LogP contribution is 2.70. The molecule has 0 amide bonds. The molecule has 0 bridgehead atoms. The largest absolute Gasteiger partial charge is 0.368 e. The van der Waals surface area contributed by atoms with Crippen molar-refractivity contribution in [3.63, 3.8) is 0 Å². The van der Waals surface area contributed by atoms with E-state index in [0.717, 1.165) is 18.9 Å². The third-order valence-electron chi connectivity index (χ3n) is 12.1. The molecule has 3 aromatic rings. The Hall–Kier alpha value is -2.82. The van der Waals surface area contributed by atoms with Gasteiger partial charge in [-0.2, -0.15) is 0 Å². The topological polar surface area (TPSA) is 30.5 Å². The van der Waals surface area contributed by atoms with Gasteiger partial charge < -0.3 is 10.6 Å². The van der Waals surface area contributed by atoms with E-state index in [1.165, 1.54) is 61.2 Å². The lowest BCUT2D eigenvalue weighted by molar-refractivity contribution is 0.142. The van der Waals surface area contributed by atoms with Gasteiger partial charge in [0, 0.05) is 35.3 Å². The Balaban J connectivity index is 1.31. The van der Waals surface area contributed by atoms with Crippen molar-refractivity contribution in [3.05, 3.63) is 94.5 Å². The Labute approximate surface area is 226 Å². The molecule has 1 unspecified atom stereocenters. The second kappa shape index (κ2) is 7.22. The van der Waals surface area contributed by atoms with Crippen LogP contribution in [0.15, 0.2) is 66.7 Å². The Bertz CT molecular complexity index is 1480. The fourth-order valence-corrected chi connectivity index (χ4v) is 10.8.